The first kappa shape index (κ1) is 17.3. The summed E-state index contributed by atoms with van der Waals surface area (Å²) in [7, 11) is 0. The van der Waals surface area contributed by atoms with E-state index in [1.165, 1.54) is 18.2 Å². The number of aliphatic hydroxyl groups excluding tert-OH is 1. The zero-order valence-electron chi connectivity index (χ0n) is 13.2. The number of aromatic nitrogens is 2. The lowest BCUT2D eigenvalue weighted by molar-refractivity contribution is 0.277. The molecule has 0 unspecified atom stereocenters. The van der Waals surface area contributed by atoms with Gasteiger partial charge in [-0.3, -0.25) is 4.99 Å². The summed E-state index contributed by atoms with van der Waals surface area (Å²) in [5.74, 6) is -0.900. The Morgan fingerprint density at radius 2 is 1.88 bits per heavy atom. The molecule has 0 atom stereocenters. The van der Waals surface area contributed by atoms with Crippen LogP contribution in [0.3, 0.4) is 0 Å². The molecule has 1 aliphatic rings. The first-order valence-corrected chi connectivity index (χ1v) is 8.84. The van der Waals surface area contributed by atoms with Crippen molar-refractivity contribution in [3.8, 4) is 5.69 Å². The van der Waals surface area contributed by atoms with E-state index < -0.39 is 11.6 Å². The zero-order valence-corrected chi connectivity index (χ0v) is 15.5. The van der Waals surface area contributed by atoms with Crippen molar-refractivity contribution in [2.45, 2.75) is 13.2 Å². The molecule has 2 aromatic carbocycles. The summed E-state index contributed by atoms with van der Waals surface area (Å²) in [6, 6.07) is 7.16. The summed E-state index contributed by atoms with van der Waals surface area (Å²) < 4.78 is 31.2. The molecule has 4 rings (SSSR count). The third-order valence-electron chi connectivity index (χ3n) is 4.14. The van der Waals surface area contributed by atoms with E-state index in [4.69, 9.17) is 11.6 Å². The van der Waals surface area contributed by atoms with Crippen LogP contribution in [0.1, 0.15) is 22.6 Å². The molecule has 2 heterocycles. The lowest BCUT2D eigenvalue weighted by Crippen LogP contribution is -2.12. The highest BCUT2D eigenvalue weighted by Crippen LogP contribution is 2.36. The number of fused-ring (bicyclic) bond motifs is 3. The van der Waals surface area contributed by atoms with Crippen molar-refractivity contribution in [1.82, 2.24) is 9.55 Å². The molecule has 0 amide bonds. The summed E-state index contributed by atoms with van der Waals surface area (Å²) in [4.78, 5) is 8.73. The van der Waals surface area contributed by atoms with Gasteiger partial charge in [-0.15, -0.1) is 0 Å². The van der Waals surface area contributed by atoms with Gasteiger partial charge in [-0.25, -0.2) is 13.8 Å². The third-order valence-corrected chi connectivity index (χ3v) is 5.42. The van der Waals surface area contributed by atoms with Gasteiger partial charge >= 0.3 is 0 Å². The Bertz CT molecular complexity index is 1040. The smallest absolute Gasteiger partial charge is 0.135 e. The highest BCUT2D eigenvalue weighted by atomic mass is 79.9. The molecule has 0 bridgehead atoms. The van der Waals surface area contributed by atoms with Crippen LogP contribution in [0.2, 0.25) is 5.02 Å². The number of halogens is 4. The highest BCUT2D eigenvalue weighted by Gasteiger charge is 2.27. The van der Waals surface area contributed by atoms with Gasteiger partial charge in [0.05, 0.1) is 40.8 Å². The quantitative estimate of drug-likeness (QED) is 0.644. The van der Waals surface area contributed by atoms with Crippen molar-refractivity contribution in [3.05, 3.63) is 80.3 Å². The Morgan fingerprint density at radius 1 is 1.15 bits per heavy atom. The van der Waals surface area contributed by atoms with Gasteiger partial charge in [0.25, 0.3) is 0 Å². The zero-order chi connectivity index (χ0) is 18.4. The largest absolute Gasteiger partial charge is 0.390 e. The number of imidazole rings is 1. The Balaban J connectivity index is 2.06. The number of nitrogens with zero attached hydrogens (tertiary/aromatic N) is 3. The van der Waals surface area contributed by atoms with Crippen molar-refractivity contribution in [2.24, 2.45) is 4.99 Å². The van der Waals surface area contributed by atoms with E-state index in [-0.39, 0.29) is 29.4 Å². The monoisotopic (exact) mass is 437 g/mol. The van der Waals surface area contributed by atoms with E-state index in [1.54, 1.807) is 22.9 Å². The van der Waals surface area contributed by atoms with Gasteiger partial charge < -0.3 is 9.67 Å². The average Bonchev–Trinajstić information content (AvgIpc) is 2.97. The number of benzene rings is 2. The maximum Gasteiger partial charge on any atom is 0.135 e. The van der Waals surface area contributed by atoms with E-state index in [9.17, 15) is 13.9 Å². The van der Waals surface area contributed by atoms with Gasteiger partial charge in [0, 0.05) is 16.2 Å². The van der Waals surface area contributed by atoms with Crippen LogP contribution in [0.5, 0.6) is 0 Å². The average molecular weight is 439 g/mol. The van der Waals surface area contributed by atoms with Crippen LogP contribution < -0.4 is 0 Å². The van der Waals surface area contributed by atoms with Gasteiger partial charge in [0.1, 0.15) is 17.5 Å². The predicted molar refractivity (Wildman–Crippen MR) is 97.9 cm³/mol. The molecule has 3 aromatic rings. The third kappa shape index (κ3) is 2.67. The van der Waals surface area contributed by atoms with Crippen LogP contribution in [0.25, 0.3) is 5.69 Å². The van der Waals surface area contributed by atoms with Crippen LogP contribution in [-0.2, 0) is 13.2 Å². The number of hydrogen-bond donors (Lipinski definition) is 1. The van der Waals surface area contributed by atoms with Crippen LogP contribution in [0.15, 0.2) is 46.0 Å². The lowest BCUT2D eigenvalue weighted by atomic mass is 9.99. The Kier molecular flexibility index (Phi) is 4.38. The second-order valence-corrected chi connectivity index (χ2v) is 6.93. The minimum Gasteiger partial charge on any atom is -0.390 e. The van der Waals surface area contributed by atoms with E-state index in [1.807, 2.05) is 0 Å². The molecule has 132 valence electrons. The van der Waals surface area contributed by atoms with Gasteiger partial charge in [0.15, 0.2) is 0 Å². The van der Waals surface area contributed by atoms with Crippen molar-refractivity contribution in [3.63, 3.8) is 0 Å². The van der Waals surface area contributed by atoms with Crippen molar-refractivity contribution < 1.29 is 13.9 Å². The molecule has 0 saturated heterocycles. The minimum absolute atomic E-state index is 0.0890. The molecular weight excluding hydrogens is 428 g/mol. The van der Waals surface area contributed by atoms with E-state index >= 15 is 0 Å². The maximum atomic E-state index is 14.4. The lowest BCUT2D eigenvalue weighted by Gasteiger charge is -2.15. The molecule has 1 aromatic heterocycles. The fraction of sp³-hybridized carbons (Fsp3) is 0.111. The molecule has 26 heavy (non-hydrogen) atoms. The maximum absolute atomic E-state index is 14.4. The van der Waals surface area contributed by atoms with Crippen LogP contribution in [-0.4, -0.2) is 20.4 Å². The first-order chi connectivity index (χ1) is 12.5. The Labute approximate surface area is 160 Å². The van der Waals surface area contributed by atoms with Gasteiger partial charge in [0.2, 0.25) is 0 Å². The molecule has 1 aliphatic heterocycles. The van der Waals surface area contributed by atoms with E-state index in [2.05, 4.69) is 25.9 Å². The van der Waals surface area contributed by atoms with Gasteiger partial charge in [-0.1, -0.05) is 17.7 Å². The summed E-state index contributed by atoms with van der Waals surface area (Å²) in [6.07, 6.45) is 1.66. The van der Waals surface area contributed by atoms with Gasteiger partial charge in [-0.05, 0) is 40.2 Å². The van der Waals surface area contributed by atoms with Crippen LogP contribution in [0.4, 0.5) is 8.78 Å². The summed E-state index contributed by atoms with van der Waals surface area (Å²) in [5.41, 5.74) is 1.34. The number of hydrogen-bond acceptors (Lipinski definition) is 3. The molecule has 4 nitrogen and oxygen atoms in total. The molecule has 8 heteroatoms. The van der Waals surface area contributed by atoms with Crippen LogP contribution >= 0.6 is 27.5 Å². The fourth-order valence-corrected chi connectivity index (χ4v) is 3.57. The molecule has 0 radical (unpaired) electrons. The summed E-state index contributed by atoms with van der Waals surface area (Å²) in [5, 5.41) is 9.65. The molecule has 0 fully saturated rings. The summed E-state index contributed by atoms with van der Waals surface area (Å²) in [6.45, 7) is -0.135. The molecule has 0 aliphatic carbocycles. The molecule has 0 saturated carbocycles. The predicted octanol–water partition coefficient (Wildman–Crippen LogP) is 4.41. The topological polar surface area (TPSA) is 50.4 Å². The van der Waals surface area contributed by atoms with Crippen molar-refractivity contribution >= 4 is 33.2 Å². The number of aliphatic hydroxyl groups is 1. The number of aliphatic imine (C=N–C) groups is 1. The summed E-state index contributed by atoms with van der Waals surface area (Å²) >= 11 is 9.84. The Hall–Kier alpha value is -2.09. The SMILES string of the molecule is OCc1cn2c(n1)CN=C(c1c(F)cccc1F)c1c-2ccc(Br)c1Cl. The number of rotatable bonds is 2. The normalized spacial score (nSPS) is 13.0. The van der Waals surface area contributed by atoms with E-state index in [0.717, 1.165) is 0 Å². The van der Waals surface area contributed by atoms with Gasteiger partial charge in [-0.2, -0.15) is 0 Å². The van der Waals surface area contributed by atoms with Crippen molar-refractivity contribution in [1.29, 1.82) is 0 Å². The highest BCUT2D eigenvalue weighted by molar-refractivity contribution is 9.10. The second-order valence-electron chi connectivity index (χ2n) is 5.69. The first-order valence-electron chi connectivity index (χ1n) is 7.67. The molecular formula is C18H11BrClF2N3O. The van der Waals surface area contributed by atoms with E-state index in [0.29, 0.717) is 27.2 Å². The van der Waals surface area contributed by atoms with Crippen LogP contribution in [0, 0.1) is 11.6 Å². The second kappa shape index (κ2) is 6.57. The minimum atomic E-state index is -0.721. The molecule has 1 N–H and O–H groups in total. The molecule has 0 spiro atoms. The standard InChI is InChI=1S/C18H11BrClF2N3O/c19-10-4-5-13-16(17(10)20)18(15-11(21)2-1-3-12(15)22)23-6-14-24-9(8-26)7-25(13)14/h1-5,7,26H,6,8H2. The Morgan fingerprint density at radius 3 is 2.58 bits per heavy atom. The van der Waals surface area contributed by atoms with Crippen molar-refractivity contribution in [2.75, 3.05) is 0 Å². The fourth-order valence-electron chi connectivity index (χ4n) is 2.99.